The summed E-state index contributed by atoms with van der Waals surface area (Å²) >= 11 is 6.08. The zero-order chi connectivity index (χ0) is 26.9. The van der Waals surface area contributed by atoms with E-state index >= 15 is 0 Å². The number of nitrogens with two attached hydrogens (primary N) is 1. The van der Waals surface area contributed by atoms with E-state index in [2.05, 4.69) is 56.2 Å². The van der Waals surface area contributed by atoms with Crippen molar-refractivity contribution in [2.45, 2.75) is 13.3 Å². The molecule has 0 unspecified atom stereocenters. The number of primary amides is 1. The Balaban J connectivity index is 1.12. The Hall–Kier alpha value is -4.14. The van der Waals surface area contributed by atoms with Crippen molar-refractivity contribution >= 4 is 57.0 Å². The standard InChI is InChI=1S/C30H29ClN6O2/c1-20-8-10-24-25(33-20)6-3-7-27(24)36-16-14-35(15-17-36)13-12-21-4-2-5-23(18-21)37(29(32)38)30-34-26-19-22(31)9-11-28(26)39-30/h2-11,18-19H,12-17H2,1H3,(H2,32,38). The fourth-order valence-corrected chi connectivity index (χ4v) is 5.35. The van der Waals surface area contributed by atoms with E-state index in [9.17, 15) is 4.79 Å². The molecule has 9 heteroatoms. The van der Waals surface area contributed by atoms with Crippen LogP contribution in [0.3, 0.4) is 0 Å². The number of aromatic nitrogens is 2. The van der Waals surface area contributed by atoms with Gasteiger partial charge in [-0.1, -0.05) is 29.8 Å². The van der Waals surface area contributed by atoms with E-state index in [1.165, 1.54) is 16.0 Å². The summed E-state index contributed by atoms with van der Waals surface area (Å²) in [5.74, 6) is 0. The van der Waals surface area contributed by atoms with Crippen LogP contribution in [0, 0.1) is 6.92 Å². The number of carbonyl (C=O) groups is 1. The predicted octanol–water partition coefficient (Wildman–Crippen LogP) is 5.92. The molecular formula is C30H29ClN6O2. The third-order valence-corrected chi connectivity index (χ3v) is 7.43. The SMILES string of the molecule is Cc1ccc2c(N3CCN(CCc4cccc(N(C(N)=O)c5nc6cc(Cl)ccc6o5)c4)CC3)cccc2n1. The normalized spacial score (nSPS) is 14.3. The molecule has 2 amide bonds. The molecule has 1 fully saturated rings. The number of halogens is 1. The third-order valence-electron chi connectivity index (χ3n) is 7.20. The highest BCUT2D eigenvalue weighted by Gasteiger charge is 2.22. The van der Waals surface area contributed by atoms with Crippen LogP contribution in [0.1, 0.15) is 11.3 Å². The molecule has 1 saturated heterocycles. The maximum atomic E-state index is 12.4. The molecule has 0 saturated carbocycles. The molecule has 0 aliphatic carbocycles. The highest BCUT2D eigenvalue weighted by Crippen LogP contribution is 2.30. The summed E-state index contributed by atoms with van der Waals surface area (Å²) in [6.45, 7) is 6.83. The van der Waals surface area contributed by atoms with Crippen LogP contribution in [0.2, 0.25) is 5.02 Å². The average Bonchev–Trinajstić information content (AvgIpc) is 3.34. The summed E-state index contributed by atoms with van der Waals surface area (Å²) < 4.78 is 5.81. The molecule has 2 N–H and O–H groups in total. The lowest BCUT2D eigenvalue weighted by molar-refractivity contribution is 0.255. The molecule has 198 valence electrons. The van der Waals surface area contributed by atoms with Gasteiger partial charge in [0.2, 0.25) is 0 Å². The fraction of sp³-hybridized carbons (Fsp3) is 0.233. The van der Waals surface area contributed by atoms with Gasteiger partial charge in [0.15, 0.2) is 5.58 Å². The first kappa shape index (κ1) is 25.2. The number of aryl methyl sites for hydroxylation is 1. The summed E-state index contributed by atoms with van der Waals surface area (Å²) in [4.78, 5) is 27.8. The van der Waals surface area contributed by atoms with E-state index < -0.39 is 6.03 Å². The summed E-state index contributed by atoms with van der Waals surface area (Å²) in [6, 6.07) is 23.0. The number of piperazine rings is 1. The molecule has 0 radical (unpaired) electrons. The number of oxazole rings is 1. The minimum atomic E-state index is -0.667. The molecular weight excluding hydrogens is 512 g/mol. The molecule has 0 bridgehead atoms. The van der Waals surface area contributed by atoms with Crippen molar-refractivity contribution in [2.24, 2.45) is 5.73 Å². The molecule has 2 aromatic heterocycles. The van der Waals surface area contributed by atoms with Crippen molar-refractivity contribution in [1.82, 2.24) is 14.9 Å². The number of anilines is 3. The molecule has 8 nitrogen and oxygen atoms in total. The number of pyridine rings is 1. The number of carbonyl (C=O) groups excluding carboxylic acids is 1. The van der Waals surface area contributed by atoms with Crippen LogP contribution in [0.25, 0.3) is 22.0 Å². The molecule has 0 spiro atoms. The molecule has 3 heterocycles. The quantitative estimate of drug-likeness (QED) is 0.287. The van der Waals surface area contributed by atoms with Gasteiger partial charge in [-0.2, -0.15) is 4.98 Å². The van der Waals surface area contributed by atoms with E-state index in [1.807, 2.05) is 25.1 Å². The van der Waals surface area contributed by atoms with Gasteiger partial charge in [-0.3, -0.25) is 9.88 Å². The van der Waals surface area contributed by atoms with Gasteiger partial charge in [0, 0.05) is 54.5 Å². The molecule has 39 heavy (non-hydrogen) atoms. The second-order valence-corrected chi connectivity index (χ2v) is 10.3. The van der Waals surface area contributed by atoms with Crippen LogP contribution in [0.5, 0.6) is 0 Å². The Bertz CT molecular complexity index is 1660. The Kier molecular flexibility index (Phi) is 6.81. The Morgan fingerprint density at radius 3 is 2.62 bits per heavy atom. The average molecular weight is 541 g/mol. The molecule has 1 aliphatic heterocycles. The summed E-state index contributed by atoms with van der Waals surface area (Å²) in [5.41, 5.74) is 11.9. The van der Waals surface area contributed by atoms with Crippen molar-refractivity contribution < 1.29 is 9.21 Å². The highest BCUT2D eigenvalue weighted by molar-refractivity contribution is 6.31. The van der Waals surface area contributed by atoms with Crippen molar-refractivity contribution in [3.63, 3.8) is 0 Å². The second kappa shape index (κ2) is 10.6. The molecule has 6 rings (SSSR count). The lowest BCUT2D eigenvalue weighted by atomic mass is 10.1. The minimum Gasteiger partial charge on any atom is -0.423 e. The Labute approximate surface area is 231 Å². The molecule has 1 aliphatic rings. The lowest BCUT2D eigenvalue weighted by Gasteiger charge is -2.36. The van der Waals surface area contributed by atoms with Gasteiger partial charge in [0.1, 0.15) is 5.52 Å². The number of rotatable bonds is 6. The summed E-state index contributed by atoms with van der Waals surface area (Å²) in [5, 5.41) is 1.74. The number of benzene rings is 3. The predicted molar refractivity (Wildman–Crippen MR) is 156 cm³/mol. The van der Waals surface area contributed by atoms with Gasteiger partial charge in [0.05, 0.1) is 11.2 Å². The zero-order valence-electron chi connectivity index (χ0n) is 21.7. The molecule has 3 aromatic carbocycles. The first-order valence-electron chi connectivity index (χ1n) is 13.0. The van der Waals surface area contributed by atoms with Gasteiger partial charge in [-0.05, 0) is 73.5 Å². The smallest absolute Gasteiger partial charge is 0.327 e. The van der Waals surface area contributed by atoms with Crippen LogP contribution in [0.4, 0.5) is 22.2 Å². The number of hydrogen-bond donors (Lipinski definition) is 1. The maximum absolute atomic E-state index is 12.4. The van der Waals surface area contributed by atoms with E-state index in [4.69, 9.17) is 21.8 Å². The number of fused-ring (bicyclic) bond motifs is 2. The zero-order valence-corrected chi connectivity index (χ0v) is 22.4. The van der Waals surface area contributed by atoms with E-state index in [-0.39, 0.29) is 6.01 Å². The van der Waals surface area contributed by atoms with Crippen LogP contribution in [-0.4, -0.2) is 53.6 Å². The minimum absolute atomic E-state index is 0.117. The van der Waals surface area contributed by atoms with Crippen LogP contribution in [-0.2, 0) is 6.42 Å². The number of hydrogen-bond acceptors (Lipinski definition) is 6. The van der Waals surface area contributed by atoms with Gasteiger partial charge in [-0.25, -0.2) is 9.69 Å². The largest absolute Gasteiger partial charge is 0.423 e. The van der Waals surface area contributed by atoms with E-state index in [0.717, 1.165) is 55.9 Å². The van der Waals surface area contributed by atoms with Crippen molar-refractivity contribution in [3.8, 4) is 0 Å². The lowest BCUT2D eigenvalue weighted by Crippen LogP contribution is -2.47. The first-order chi connectivity index (χ1) is 18.9. The maximum Gasteiger partial charge on any atom is 0.327 e. The monoisotopic (exact) mass is 540 g/mol. The number of urea groups is 1. The summed E-state index contributed by atoms with van der Waals surface area (Å²) in [7, 11) is 0. The van der Waals surface area contributed by atoms with Gasteiger partial charge < -0.3 is 15.1 Å². The Morgan fingerprint density at radius 1 is 0.974 bits per heavy atom. The van der Waals surface area contributed by atoms with Crippen LogP contribution in [0.15, 0.2) is 77.2 Å². The fourth-order valence-electron chi connectivity index (χ4n) is 5.18. The van der Waals surface area contributed by atoms with E-state index in [0.29, 0.717) is 21.8 Å². The third kappa shape index (κ3) is 5.26. The second-order valence-electron chi connectivity index (χ2n) is 9.83. The van der Waals surface area contributed by atoms with Gasteiger partial charge >= 0.3 is 12.0 Å². The van der Waals surface area contributed by atoms with E-state index in [1.54, 1.807) is 18.2 Å². The van der Waals surface area contributed by atoms with Crippen LogP contribution < -0.4 is 15.5 Å². The number of nitrogens with zero attached hydrogens (tertiary/aromatic N) is 5. The van der Waals surface area contributed by atoms with Gasteiger partial charge in [0.25, 0.3) is 0 Å². The van der Waals surface area contributed by atoms with Gasteiger partial charge in [-0.15, -0.1) is 0 Å². The first-order valence-corrected chi connectivity index (χ1v) is 13.4. The summed E-state index contributed by atoms with van der Waals surface area (Å²) in [6.07, 6.45) is 0.848. The topological polar surface area (TPSA) is 91.7 Å². The molecule has 5 aromatic rings. The Morgan fingerprint density at radius 2 is 1.79 bits per heavy atom. The van der Waals surface area contributed by atoms with Crippen molar-refractivity contribution in [3.05, 3.63) is 89.1 Å². The van der Waals surface area contributed by atoms with Crippen LogP contribution >= 0.6 is 11.6 Å². The van der Waals surface area contributed by atoms with Crippen molar-refractivity contribution in [2.75, 3.05) is 42.5 Å². The highest BCUT2D eigenvalue weighted by atomic mass is 35.5. The molecule has 0 atom stereocenters. The van der Waals surface area contributed by atoms with Crippen molar-refractivity contribution in [1.29, 1.82) is 0 Å². The number of amides is 2.